The highest BCUT2D eigenvalue weighted by Crippen LogP contribution is 2.54. The van der Waals surface area contributed by atoms with Gasteiger partial charge in [-0.2, -0.15) is 0 Å². The quantitative estimate of drug-likeness (QED) is 0.161. The fourth-order valence-electron chi connectivity index (χ4n) is 11.4. The van der Waals surface area contributed by atoms with Crippen molar-refractivity contribution in [1.29, 1.82) is 0 Å². The average Bonchev–Trinajstić information content (AvgIpc) is 3.93. The van der Waals surface area contributed by atoms with Gasteiger partial charge in [0, 0.05) is 48.1 Å². The molecule has 0 aliphatic heterocycles. The number of fused-ring (bicyclic) bond motifs is 10. The van der Waals surface area contributed by atoms with Crippen molar-refractivity contribution in [3.05, 3.63) is 235 Å². The van der Waals surface area contributed by atoms with E-state index in [-0.39, 0.29) is 10.8 Å². The molecule has 11 aromatic rings. The minimum atomic E-state index is -0.216. The van der Waals surface area contributed by atoms with Gasteiger partial charge in [0.05, 0.1) is 0 Å². The molecule has 0 bridgehead atoms. The molecule has 1 heterocycles. The van der Waals surface area contributed by atoms with Crippen LogP contribution in [-0.4, -0.2) is 0 Å². The van der Waals surface area contributed by atoms with Crippen LogP contribution in [0, 0.1) is 0 Å². The molecule has 0 radical (unpaired) electrons. The molecule has 1 nitrogen and oxygen atoms in total. The predicted molar refractivity (Wildman–Crippen MR) is 283 cm³/mol. The van der Waals surface area contributed by atoms with Gasteiger partial charge in [0.25, 0.3) is 0 Å². The van der Waals surface area contributed by atoms with Gasteiger partial charge in [-0.3, -0.25) is 0 Å². The van der Waals surface area contributed by atoms with Crippen LogP contribution in [0.2, 0.25) is 0 Å². The second kappa shape index (κ2) is 14.5. The Labute approximate surface area is 390 Å². The van der Waals surface area contributed by atoms with Gasteiger partial charge >= 0.3 is 0 Å². The van der Waals surface area contributed by atoms with Crippen LogP contribution in [0.4, 0.5) is 17.1 Å². The van der Waals surface area contributed by atoms with Crippen LogP contribution in [0.25, 0.3) is 86.6 Å². The zero-order chi connectivity index (χ0) is 44.3. The first-order valence-electron chi connectivity index (χ1n) is 23.2. The van der Waals surface area contributed by atoms with Gasteiger partial charge in [0.2, 0.25) is 0 Å². The van der Waals surface area contributed by atoms with Gasteiger partial charge < -0.3 is 4.90 Å². The van der Waals surface area contributed by atoms with E-state index in [1.165, 1.54) is 109 Å². The Morgan fingerprint density at radius 1 is 0.318 bits per heavy atom. The van der Waals surface area contributed by atoms with Crippen molar-refractivity contribution in [2.75, 3.05) is 4.90 Å². The number of rotatable bonds is 6. The highest BCUT2D eigenvalue weighted by Gasteiger charge is 2.38. The van der Waals surface area contributed by atoms with E-state index in [2.05, 4.69) is 245 Å². The van der Waals surface area contributed by atoms with E-state index < -0.39 is 0 Å². The molecule has 0 spiro atoms. The van der Waals surface area contributed by atoms with Crippen LogP contribution in [-0.2, 0) is 10.8 Å². The molecule has 1 aromatic heterocycles. The SMILES string of the molecule is CC1(C)c2cc(-c3ccccc3)ccc2-c2ccc(N(c3ccc(-c4cccc5ccccc45)cc3)c3ccc4c(c3)C(C)(C)c3cc(-c5cccc6c5sc5ccccc56)ccc3-4)cc21. The molecular weight excluding hydrogens is 815 g/mol. The van der Waals surface area contributed by atoms with Gasteiger partial charge in [-0.1, -0.05) is 185 Å². The number of hydrogen-bond donors (Lipinski definition) is 0. The van der Waals surface area contributed by atoms with Crippen molar-refractivity contribution < 1.29 is 0 Å². The monoisotopic (exact) mass is 861 g/mol. The third-order valence-corrected chi connectivity index (χ3v) is 16.1. The van der Waals surface area contributed by atoms with Crippen LogP contribution >= 0.6 is 11.3 Å². The van der Waals surface area contributed by atoms with Gasteiger partial charge in [-0.15, -0.1) is 11.3 Å². The molecule has 0 amide bonds. The fraction of sp³-hybridized carbons (Fsp3) is 0.0938. The third-order valence-electron chi connectivity index (χ3n) is 14.9. The summed E-state index contributed by atoms with van der Waals surface area (Å²) in [6, 6.07) is 79.5. The Hall–Kier alpha value is -7.52. The van der Waals surface area contributed by atoms with Crippen molar-refractivity contribution in [2.24, 2.45) is 0 Å². The van der Waals surface area contributed by atoms with Gasteiger partial charge in [-0.25, -0.2) is 0 Å². The van der Waals surface area contributed by atoms with Gasteiger partial charge in [0.15, 0.2) is 0 Å². The van der Waals surface area contributed by atoms with Crippen molar-refractivity contribution >= 4 is 59.3 Å². The fourth-order valence-corrected chi connectivity index (χ4v) is 12.6. The molecule has 0 fully saturated rings. The maximum atomic E-state index is 2.48. The molecule has 10 aromatic carbocycles. The maximum absolute atomic E-state index is 2.48. The molecule has 0 saturated carbocycles. The predicted octanol–water partition coefficient (Wildman–Crippen LogP) is 18.3. The van der Waals surface area contributed by atoms with E-state index in [0.29, 0.717) is 0 Å². The molecule has 0 saturated heterocycles. The van der Waals surface area contributed by atoms with Crippen molar-refractivity contribution in [3.8, 4) is 55.6 Å². The smallest absolute Gasteiger partial charge is 0.0465 e. The Balaban J connectivity index is 0.930. The average molecular weight is 862 g/mol. The van der Waals surface area contributed by atoms with E-state index in [4.69, 9.17) is 0 Å². The van der Waals surface area contributed by atoms with Crippen LogP contribution in [0.5, 0.6) is 0 Å². The van der Waals surface area contributed by atoms with E-state index >= 15 is 0 Å². The number of benzene rings is 10. The number of anilines is 3. The molecule has 2 aliphatic carbocycles. The summed E-state index contributed by atoms with van der Waals surface area (Å²) in [7, 11) is 0. The Morgan fingerprint density at radius 2 is 0.803 bits per heavy atom. The summed E-state index contributed by atoms with van der Waals surface area (Å²) in [4.78, 5) is 2.48. The topological polar surface area (TPSA) is 3.24 Å². The first kappa shape index (κ1) is 38.9. The van der Waals surface area contributed by atoms with E-state index in [0.717, 1.165) is 17.1 Å². The lowest BCUT2D eigenvalue weighted by atomic mass is 9.81. The molecule has 0 N–H and O–H groups in total. The molecular formula is C64H47NS. The zero-order valence-electron chi connectivity index (χ0n) is 37.6. The lowest BCUT2D eigenvalue weighted by molar-refractivity contribution is 0.660. The normalized spacial score (nSPS) is 14.0. The van der Waals surface area contributed by atoms with Gasteiger partial charge in [0.1, 0.15) is 0 Å². The van der Waals surface area contributed by atoms with Crippen LogP contribution in [0.1, 0.15) is 49.9 Å². The summed E-state index contributed by atoms with van der Waals surface area (Å²) in [6.07, 6.45) is 0. The number of nitrogens with zero attached hydrogens (tertiary/aromatic N) is 1. The summed E-state index contributed by atoms with van der Waals surface area (Å²) in [6.45, 7) is 9.61. The van der Waals surface area contributed by atoms with Crippen LogP contribution in [0.3, 0.4) is 0 Å². The molecule has 0 atom stereocenters. The second-order valence-corrected chi connectivity index (χ2v) is 20.3. The van der Waals surface area contributed by atoms with Crippen molar-refractivity contribution in [1.82, 2.24) is 0 Å². The van der Waals surface area contributed by atoms with E-state index in [9.17, 15) is 0 Å². The summed E-state index contributed by atoms with van der Waals surface area (Å²) < 4.78 is 2.69. The highest BCUT2D eigenvalue weighted by molar-refractivity contribution is 7.26. The van der Waals surface area contributed by atoms with E-state index in [1.54, 1.807) is 0 Å². The lowest BCUT2D eigenvalue weighted by Gasteiger charge is -2.30. The van der Waals surface area contributed by atoms with Crippen LogP contribution < -0.4 is 4.90 Å². The summed E-state index contributed by atoms with van der Waals surface area (Å²) >= 11 is 1.90. The largest absolute Gasteiger partial charge is 0.310 e. The van der Waals surface area contributed by atoms with E-state index in [1.807, 2.05) is 11.3 Å². The summed E-state index contributed by atoms with van der Waals surface area (Å²) in [5.74, 6) is 0. The molecule has 314 valence electrons. The molecule has 66 heavy (non-hydrogen) atoms. The first-order chi connectivity index (χ1) is 32.2. The Bertz CT molecular complexity index is 3750. The molecule has 2 heteroatoms. The summed E-state index contributed by atoms with van der Waals surface area (Å²) in [5, 5.41) is 5.19. The number of thiophene rings is 1. The first-order valence-corrected chi connectivity index (χ1v) is 24.0. The molecule has 13 rings (SSSR count). The molecule has 2 aliphatic rings. The number of hydrogen-bond acceptors (Lipinski definition) is 2. The second-order valence-electron chi connectivity index (χ2n) is 19.3. The summed E-state index contributed by atoms with van der Waals surface area (Å²) in [5.41, 5.74) is 21.3. The zero-order valence-corrected chi connectivity index (χ0v) is 38.4. The third kappa shape index (κ3) is 5.84. The highest BCUT2D eigenvalue weighted by atomic mass is 32.1. The maximum Gasteiger partial charge on any atom is 0.0465 e. The molecule has 0 unspecified atom stereocenters. The van der Waals surface area contributed by atoms with Crippen molar-refractivity contribution in [3.63, 3.8) is 0 Å². The Kier molecular flexibility index (Phi) is 8.54. The minimum Gasteiger partial charge on any atom is -0.310 e. The minimum absolute atomic E-state index is 0.186. The van der Waals surface area contributed by atoms with Gasteiger partial charge in [-0.05, 0) is 143 Å². The van der Waals surface area contributed by atoms with Crippen LogP contribution in [0.15, 0.2) is 212 Å². The van der Waals surface area contributed by atoms with Crippen molar-refractivity contribution in [2.45, 2.75) is 38.5 Å². The lowest BCUT2D eigenvalue weighted by Crippen LogP contribution is -2.18. The standard InChI is InChI=1S/C64H47NS/c1-63(2)57-36-43(40-14-6-5-7-15-40)26-32-51(57)53-34-30-46(38-59(53)63)65(45-28-24-42(25-29-45)49-20-12-17-41-16-8-9-18-48(41)49)47-31-35-54-52-33-27-44(37-58(52)64(3,4)60(54)39-47)50-21-13-22-56-55-19-10-11-23-61(55)66-62(50)56/h5-39H,1-4H3. The Morgan fingerprint density at radius 3 is 1.50 bits per heavy atom.